The van der Waals surface area contributed by atoms with Crippen molar-refractivity contribution in [2.75, 3.05) is 0 Å². The van der Waals surface area contributed by atoms with E-state index in [1.54, 1.807) is 23.1 Å². The summed E-state index contributed by atoms with van der Waals surface area (Å²) in [6.45, 7) is 0.610. The molecule has 0 amide bonds. The van der Waals surface area contributed by atoms with Crippen LogP contribution in [0.1, 0.15) is 5.56 Å². The molecule has 0 saturated carbocycles. The lowest BCUT2D eigenvalue weighted by Crippen LogP contribution is -1.95. The van der Waals surface area contributed by atoms with Crippen molar-refractivity contribution in [1.82, 2.24) is 0 Å². The van der Waals surface area contributed by atoms with Gasteiger partial charge in [-0.25, -0.2) is 0 Å². The standard InChI is InChI=1S/C11H11NS2/c12-8-9-3-1-4-10(7-9)14-11-5-2-6-13-11/h1-7H,8,12H2. The molecule has 2 N–H and O–H groups in total. The van der Waals surface area contributed by atoms with Crippen LogP contribution < -0.4 is 5.73 Å². The van der Waals surface area contributed by atoms with Gasteiger partial charge in [0.2, 0.25) is 0 Å². The Kier molecular flexibility index (Phi) is 3.24. The zero-order valence-electron chi connectivity index (χ0n) is 7.64. The molecule has 0 unspecified atom stereocenters. The van der Waals surface area contributed by atoms with Crippen molar-refractivity contribution in [1.29, 1.82) is 0 Å². The first kappa shape index (κ1) is 9.77. The molecule has 0 bridgehead atoms. The summed E-state index contributed by atoms with van der Waals surface area (Å²) in [7, 11) is 0. The summed E-state index contributed by atoms with van der Waals surface area (Å²) in [4.78, 5) is 1.26. The van der Waals surface area contributed by atoms with Gasteiger partial charge in [-0.05, 0) is 29.1 Å². The highest BCUT2D eigenvalue weighted by Gasteiger charge is 1.98. The van der Waals surface area contributed by atoms with Crippen molar-refractivity contribution >= 4 is 23.1 Å². The van der Waals surface area contributed by atoms with Crippen LogP contribution in [0.25, 0.3) is 0 Å². The molecule has 1 nitrogen and oxygen atoms in total. The molecule has 2 rings (SSSR count). The molecule has 0 radical (unpaired) electrons. The smallest absolute Gasteiger partial charge is 0.0646 e. The van der Waals surface area contributed by atoms with Gasteiger partial charge in [-0.15, -0.1) is 11.3 Å². The van der Waals surface area contributed by atoms with Gasteiger partial charge in [0.15, 0.2) is 0 Å². The zero-order chi connectivity index (χ0) is 9.80. The Labute approximate surface area is 92.0 Å². The molecule has 0 fully saturated rings. The van der Waals surface area contributed by atoms with E-state index in [0.717, 1.165) is 0 Å². The van der Waals surface area contributed by atoms with Gasteiger partial charge in [-0.3, -0.25) is 0 Å². The fourth-order valence-corrected chi connectivity index (χ4v) is 3.01. The van der Waals surface area contributed by atoms with Crippen LogP contribution in [0.4, 0.5) is 0 Å². The number of thiophene rings is 1. The first-order valence-corrected chi connectivity index (χ1v) is 6.08. The topological polar surface area (TPSA) is 26.0 Å². The van der Waals surface area contributed by atoms with Crippen molar-refractivity contribution in [3.8, 4) is 0 Å². The van der Waals surface area contributed by atoms with Crippen LogP contribution >= 0.6 is 23.1 Å². The largest absolute Gasteiger partial charge is 0.326 e. The summed E-state index contributed by atoms with van der Waals surface area (Å²) in [5, 5.41) is 2.09. The van der Waals surface area contributed by atoms with Gasteiger partial charge in [0.1, 0.15) is 0 Å². The van der Waals surface area contributed by atoms with Crippen LogP contribution in [-0.4, -0.2) is 0 Å². The Morgan fingerprint density at radius 2 is 2.14 bits per heavy atom. The second kappa shape index (κ2) is 4.64. The van der Waals surface area contributed by atoms with Gasteiger partial charge < -0.3 is 5.73 Å². The maximum absolute atomic E-state index is 5.59. The van der Waals surface area contributed by atoms with Gasteiger partial charge >= 0.3 is 0 Å². The predicted octanol–water partition coefficient (Wildman–Crippen LogP) is 3.36. The first-order chi connectivity index (χ1) is 6.88. The van der Waals surface area contributed by atoms with E-state index >= 15 is 0 Å². The van der Waals surface area contributed by atoms with Gasteiger partial charge in [0.05, 0.1) is 4.21 Å². The zero-order valence-corrected chi connectivity index (χ0v) is 9.28. The predicted molar refractivity (Wildman–Crippen MR) is 62.8 cm³/mol. The summed E-state index contributed by atoms with van der Waals surface area (Å²) in [5.74, 6) is 0. The summed E-state index contributed by atoms with van der Waals surface area (Å²) in [5.41, 5.74) is 6.77. The van der Waals surface area contributed by atoms with Crippen LogP contribution in [0.15, 0.2) is 50.9 Å². The molecule has 14 heavy (non-hydrogen) atoms. The summed E-state index contributed by atoms with van der Waals surface area (Å²) < 4.78 is 1.32. The van der Waals surface area contributed by atoms with Crippen LogP contribution in [-0.2, 0) is 6.54 Å². The third-order valence-corrected chi connectivity index (χ3v) is 3.87. The number of hydrogen-bond donors (Lipinski definition) is 1. The quantitative estimate of drug-likeness (QED) is 0.860. The maximum atomic E-state index is 5.59. The van der Waals surface area contributed by atoms with Gasteiger partial charge in [0, 0.05) is 11.4 Å². The second-order valence-electron chi connectivity index (χ2n) is 2.89. The van der Waals surface area contributed by atoms with Crippen molar-refractivity contribution < 1.29 is 0 Å². The van der Waals surface area contributed by atoms with Crippen LogP contribution in [0, 0.1) is 0 Å². The molecule has 2 aromatic rings. The molecule has 72 valence electrons. The average Bonchev–Trinajstić information content (AvgIpc) is 2.71. The molecule has 0 spiro atoms. The lowest BCUT2D eigenvalue weighted by molar-refractivity contribution is 1.06. The molecule has 0 atom stereocenters. The molecule has 0 aliphatic heterocycles. The lowest BCUT2D eigenvalue weighted by Gasteiger charge is -2.01. The van der Waals surface area contributed by atoms with Gasteiger partial charge in [-0.2, -0.15) is 0 Å². The van der Waals surface area contributed by atoms with E-state index in [0.29, 0.717) is 6.54 Å². The third-order valence-electron chi connectivity index (χ3n) is 1.85. The normalized spacial score (nSPS) is 10.4. The van der Waals surface area contributed by atoms with E-state index in [9.17, 15) is 0 Å². The minimum Gasteiger partial charge on any atom is -0.326 e. The molecule has 0 saturated heterocycles. The number of hydrogen-bond acceptors (Lipinski definition) is 3. The van der Waals surface area contributed by atoms with Gasteiger partial charge in [-0.1, -0.05) is 30.0 Å². The van der Waals surface area contributed by atoms with Crippen molar-refractivity contribution in [3.63, 3.8) is 0 Å². The van der Waals surface area contributed by atoms with E-state index in [1.165, 1.54) is 14.7 Å². The average molecular weight is 221 g/mol. The fraction of sp³-hybridized carbons (Fsp3) is 0.0909. The molecular weight excluding hydrogens is 210 g/mol. The Morgan fingerprint density at radius 3 is 2.86 bits per heavy atom. The first-order valence-electron chi connectivity index (χ1n) is 4.39. The third kappa shape index (κ3) is 2.38. The van der Waals surface area contributed by atoms with E-state index in [-0.39, 0.29) is 0 Å². The van der Waals surface area contributed by atoms with Crippen molar-refractivity contribution in [2.24, 2.45) is 5.73 Å². The summed E-state index contributed by atoms with van der Waals surface area (Å²) in [6, 6.07) is 12.6. The summed E-state index contributed by atoms with van der Waals surface area (Å²) in [6.07, 6.45) is 0. The highest BCUT2D eigenvalue weighted by atomic mass is 32.2. The van der Waals surface area contributed by atoms with Gasteiger partial charge in [0.25, 0.3) is 0 Å². The minimum atomic E-state index is 0.610. The second-order valence-corrected chi connectivity index (χ2v) is 5.21. The van der Waals surface area contributed by atoms with Crippen molar-refractivity contribution in [3.05, 3.63) is 47.3 Å². The SMILES string of the molecule is NCc1cccc(Sc2cccs2)c1. The molecule has 3 heteroatoms. The minimum absolute atomic E-state index is 0.610. The van der Waals surface area contributed by atoms with Crippen LogP contribution in [0.2, 0.25) is 0 Å². The Morgan fingerprint density at radius 1 is 1.21 bits per heavy atom. The highest BCUT2D eigenvalue weighted by molar-refractivity contribution is 8.01. The maximum Gasteiger partial charge on any atom is 0.0646 e. The Bertz CT molecular complexity index is 395. The Balaban J connectivity index is 2.17. The van der Waals surface area contributed by atoms with E-state index in [2.05, 4.69) is 41.8 Å². The number of rotatable bonds is 3. The van der Waals surface area contributed by atoms with Crippen LogP contribution in [0.3, 0.4) is 0 Å². The monoisotopic (exact) mass is 221 g/mol. The fourth-order valence-electron chi connectivity index (χ4n) is 1.17. The molecule has 0 aliphatic rings. The lowest BCUT2D eigenvalue weighted by atomic mass is 10.2. The molecular formula is C11H11NS2. The van der Waals surface area contributed by atoms with Crippen molar-refractivity contribution in [2.45, 2.75) is 15.6 Å². The molecule has 1 aromatic carbocycles. The molecule has 1 heterocycles. The van der Waals surface area contributed by atoms with E-state index in [1.807, 2.05) is 0 Å². The molecule has 0 aliphatic carbocycles. The van der Waals surface area contributed by atoms with E-state index < -0.39 is 0 Å². The van der Waals surface area contributed by atoms with Crippen LogP contribution in [0.5, 0.6) is 0 Å². The Hall–Kier alpha value is -0.770. The molecule has 1 aromatic heterocycles. The number of nitrogens with two attached hydrogens (primary N) is 1. The highest BCUT2D eigenvalue weighted by Crippen LogP contribution is 2.31. The number of benzene rings is 1. The van der Waals surface area contributed by atoms with E-state index in [4.69, 9.17) is 5.73 Å². The summed E-state index contributed by atoms with van der Waals surface area (Å²) >= 11 is 3.55.